The van der Waals surface area contributed by atoms with Crippen LogP contribution in [0.25, 0.3) is 0 Å². The number of rotatable bonds is 6. The van der Waals surface area contributed by atoms with Crippen LogP contribution in [0.2, 0.25) is 0 Å². The Bertz CT molecular complexity index is 1300. The Morgan fingerprint density at radius 3 is 2.37 bits per heavy atom. The summed E-state index contributed by atoms with van der Waals surface area (Å²) >= 11 is 0. The van der Waals surface area contributed by atoms with E-state index in [1.807, 2.05) is 0 Å². The third-order valence-corrected chi connectivity index (χ3v) is 6.24. The highest BCUT2D eigenvalue weighted by Gasteiger charge is 2.41. The lowest BCUT2D eigenvalue weighted by molar-refractivity contribution is -0.384. The molecule has 4 rings (SSSR count). The number of nitriles is 1. The first-order chi connectivity index (χ1) is 16.9. The van der Waals surface area contributed by atoms with Crippen molar-refractivity contribution in [3.63, 3.8) is 0 Å². The van der Waals surface area contributed by atoms with Crippen molar-refractivity contribution in [1.82, 2.24) is 0 Å². The second kappa shape index (κ2) is 9.38. The number of ether oxygens (including phenoxy) is 3. The van der Waals surface area contributed by atoms with Crippen LogP contribution in [0.3, 0.4) is 0 Å². The number of hydrogen-bond donors (Lipinski definition) is 1. The molecule has 10 heteroatoms. The van der Waals surface area contributed by atoms with Crippen LogP contribution in [0, 0.1) is 21.4 Å². The highest BCUT2D eigenvalue weighted by Crippen LogP contribution is 2.49. The van der Waals surface area contributed by atoms with E-state index < -0.39 is 10.8 Å². The molecule has 2 aromatic rings. The second-order valence-electron chi connectivity index (χ2n) is 8.05. The molecule has 180 valence electrons. The van der Waals surface area contributed by atoms with Crippen molar-refractivity contribution >= 4 is 17.2 Å². The van der Waals surface area contributed by atoms with E-state index in [-0.39, 0.29) is 22.9 Å². The second-order valence-corrected chi connectivity index (χ2v) is 8.05. The average Bonchev–Trinajstić information content (AvgIpc) is 2.87. The minimum Gasteiger partial charge on any atom is -0.493 e. The molecule has 0 bridgehead atoms. The SMILES string of the molecule is COc1cc(N2C(N)=C(C#N)C(c3cccc([N+](=O)[O-])c3)C3=C2CCCC3=O)cc(OC)c1OC. The largest absolute Gasteiger partial charge is 0.493 e. The quantitative estimate of drug-likeness (QED) is 0.485. The van der Waals surface area contributed by atoms with Crippen LogP contribution in [0.1, 0.15) is 30.7 Å². The molecule has 35 heavy (non-hydrogen) atoms. The van der Waals surface area contributed by atoms with Crippen LogP contribution in [0.15, 0.2) is 59.1 Å². The smallest absolute Gasteiger partial charge is 0.269 e. The summed E-state index contributed by atoms with van der Waals surface area (Å²) in [4.78, 5) is 25.8. The zero-order chi connectivity index (χ0) is 25.3. The number of anilines is 1. The topological polar surface area (TPSA) is 141 Å². The van der Waals surface area contributed by atoms with Gasteiger partial charge >= 0.3 is 0 Å². The summed E-state index contributed by atoms with van der Waals surface area (Å²) in [6.45, 7) is 0. The Kier molecular flexibility index (Phi) is 6.34. The van der Waals surface area contributed by atoms with Crippen molar-refractivity contribution in [3.8, 4) is 23.3 Å². The van der Waals surface area contributed by atoms with Gasteiger partial charge in [-0.2, -0.15) is 5.26 Å². The number of carbonyl (C=O) groups excluding carboxylic acids is 1. The Hall–Kier alpha value is -4.52. The van der Waals surface area contributed by atoms with Crippen LogP contribution >= 0.6 is 0 Å². The minimum atomic E-state index is -0.805. The Morgan fingerprint density at radius 2 is 1.80 bits per heavy atom. The molecular weight excluding hydrogens is 452 g/mol. The van der Waals surface area contributed by atoms with Crippen LogP contribution in [0.5, 0.6) is 17.2 Å². The Morgan fingerprint density at radius 1 is 1.11 bits per heavy atom. The van der Waals surface area contributed by atoms with Gasteiger partial charge in [0.05, 0.1) is 49.5 Å². The first kappa shape index (κ1) is 23.6. The van der Waals surface area contributed by atoms with E-state index in [4.69, 9.17) is 19.9 Å². The lowest BCUT2D eigenvalue weighted by Crippen LogP contribution is -2.38. The number of allylic oxidation sites excluding steroid dienone is 3. The van der Waals surface area contributed by atoms with E-state index in [0.29, 0.717) is 59.0 Å². The first-order valence-electron chi connectivity index (χ1n) is 10.9. The van der Waals surface area contributed by atoms with Crippen molar-refractivity contribution in [2.45, 2.75) is 25.2 Å². The van der Waals surface area contributed by atoms with Gasteiger partial charge in [0, 0.05) is 42.0 Å². The summed E-state index contributed by atoms with van der Waals surface area (Å²) in [7, 11) is 4.47. The van der Waals surface area contributed by atoms with Gasteiger partial charge in [-0.1, -0.05) is 12.1 Å². The molecule has 2 aromatic carbocycles. The van der Waals surface area contributed by atoms with Gasteiger partial charge in [0.2, 0.25) is 5.75 Å². The van der Waals surface area contributed by atoms with E-state index in [1.165, 1.54) is 39.5 Å². The van der Waals surface area contributed by atoms with E-state index in [9.17, 15) is 20.2 Å². The monoisotopic (exact) mass is 476 g/mol. The van der Waals surface area contributed by atoms with Gasteiger partial charge in [0.25, 0.3) is 5.69 Å². The van der Waals surface area contributed by atoms with Gasteiger partial charge in [0.15, 0.2) is 17.3 Å². The summed E-state index contributed by atoms with van der Waals surface area (Å²) in [5.41, 5.74) is 8.64. The third-order valence-electron chi connectivity index (χ3n) is 6.24. The number of Topliss-reactive ketones (excluding diaryl/α,β-unsaturated/α-hetero) is 1. The molecule has 0 fully saturated rings. The summed E-state index contributed by atoms with van der Waals surface area (Å²) in [5.74, 6) is 0.367. The lowest BCUT2D eigenvalue weighted by Gasteiger charge is -2.39. The maximum absolute atomic E-state index is 13.3. The number of hydrogen-bond acceptors (Lipinski definition) is 9. The highest BCUT2D eigenvalue weighted by molar-refractivity contribution is 6.01. The number of non-ortho nitro benzene ring substituents is 1. The number of nitrogens with zero attached hydrogens (tertiary/aromatic N) is 3. The van der Waals surface area contributed by atoms with Crippen molar-refractivity contribution in [3.05, 3.63) is 74.7 Å². The maximum atomic E-state index is 13.3. The summed E-state index contributed by atoms with van der Waals surface area (Å²) < 4.78 is 16.4. The van der Waals surface area contributed by atoms with Crippen LogP contribution in [-0.4, -0.2) is 32.0 Å². The molecule has 0 spiro atoms. The van der Waals surface area contributed by atoms with Crippen molar-refractivity contribution in [2.24, 2.45) is 5.73 Å². The van der Waals surface area contributed by atoms with Gasteiger partial charge in [-0.3, -0.25) is 19.8 Å². The van der Waals surface area contributed by atoms with Crippen LogP contribution < -0.4 is 24.8 Å². The predicted molar refractivity (Wildman–Crippen MR) is 127 cm³/mol. The lowest BCUT2D eigenvalue weighted by atomic mass is 9.75. The van der Waals surface area contributed by atoms with Gasteiger partial charge in [-0.25, -0.2) is 0 Å². The summed E-state index contributed by atoms with van der Waals surface area (Å²) in [5, 5.41) is 21.5. The van der Waals surface area contributed by atoms with Gasteiger partial charge in [-0.15, -0.1) is 0 Å². The molecule has 10 nitrogen and oxygen atoms in total. The van der Waals surface area contributed by atoms with Crippen molar-refractivity contribution < 1.29 is 23.9 Å². The molecule has 0 radical (unpaired) electrons. The maximum Gasteiger partial charge on any atom is 0.269 e. The van der Waals surface area contributed by atoms with E-state index in [0.717, 1.165) is 0 Å². The van der Waals surface area contributed by atoms with Crippen LogP contribution in [0.4, 0.5) is 11.4 Å². The fraction of sp³-hybridized carbons (Fsp3) is 0.280. The molecule has 0 amide bonds. The van der Waals surface area contributed by atoms with Crippen molar-refractivity contribution in [1.29, 1.82) is 5.26 Å². The number of nitro groups is 1. The van der Waals surface area contributed by atoms with E-state index in [1.54, 1.807) is 23.1 Å². The molecule has 2 N–H and O–H groups in total. The van der Waals surface area contributed by atoms with Crippen LogP contribution in [-0.2, 0) is 4.79 Å². The number of nitro benzene ring substituents is 1. The fourth-order valence-electron chi connectivity index (χ4n) is 4.73. The molecule has 2 aliphatic rings. The standard InChI is InChI=1S/C25H24N4O6/c1-33-20-11-16(12-21(34-2)24(20)35-3)28-18-8-5-9-19(30)23(18)22(17(13-26)25(28)27)14-6-4-7-15(10-14)29(31)32/h4,6-7,10-12,22H,5,8-9,27H2,1-3H3. The molecule has 0 saturated heterocycles. The van der Waals surface area contributed by atoms with Gasteiger partial charge < -0.3 is 19.9 Å². The number of methoxy groups -OCH3 is 3. The van der Waals surface area contributed by atoms with E-state index >= 15 is 0 Å². The normalized spacial score (nSPS) is 17.6. The molecule has 1 aliphatic heterocycles. The molecule has 0 saturated carbocycles. The first-order valence-corrected chi connectivity index (χ1v) is 10.9. The summed E-state index contributed by atoms with van der Waals surface area (Å²) in [6.07, 6.45) is 1.45. The van der Waals surface area contributed by atoms with Crippen molar-refractivity contribution in [2.75, 3.05) is 26.2 Å². The minimum absolute atomic E-state index is 0.125. The molecular formula is C25H24N4O6. The molecule has 1 heterocycles. The third kappa shape index (κ3) is 3.91. The Labute approximate surface area is 201 Å². The number of ketones is 1. The molecule has 0 aromatic heterocycles. The van der Waals surface area contributed by atoms with Gasteiger partial charge in [-0.05, 0) is 18.4 Å². The van der Waals surface area contributed by atoms with E-state index in [2.05, 4.69) is 6.07 Å². The number of nitrogens with two attached hydrogens (primary N) is 1. The fourth-order valence-corrected chi connectivity index (χ4v) is 4.73. The number of benzene rings is 2. The predicted octanol–water partition coefficient (Wildman–Crippen LogP) is 3.93. The van der Waals surface area contributed by atoms with Gasteiger partial charge in [0.1, 0.15) is 5.82 Å². The molecule has 1 unspecified atom stereocenters. The highest BCUT2D eigenvalue weighted by atomic mass is 16.6. The Balaban J connectivity index is 1.98. The molecule has 1 aliphatic carbocycles. The summed E-state index contributed by atoms with van der Waals surface area (Å²) in [6, 6.07) is 11.5. The molecule has 1 atom stereocenters. The number of carbonyl (C=O) groups is 1. The zero-order valence-corrected chi connectivity index (χ0v) is 19.5. The zero-order valence-electron chi connectivity index (χ0n) is 19.5. The average molecular weight is 476 g/mol.